The lowest BCUT2D eigenvalue weighted by molar-refractivity contribution is -0.387. The van der Waals surface area contributed by atoms with Gasteiger partial charge in [-0.15, -0.1) is 0 Å². The van der Waals surface area contributed by atoms with Crippen LogP contribution in [0.5, 0.6) is 0 Å². The van der Waals surface area contributed by atoms with Gasteiger partial charge in [0.25, 0.3) is 11.4 Å². The number of nitro groups is 2. The van der Waals surface area contributed by atoms with Crippen molar-refractivity contribution >= 4 is 34.9 Å². The van der Waals surface area contributed by atoms with Crippen molar-refractivity contribution in [1.29, 1.82) is 0 Å². The molecule has 0 fully saturated rings. The molecule has 1 aromatic heterocycles. The Hall–Kier alpha value is -2.91. The fraction of sp³-hybridized carbons (Fsp3) is 0. The first-order valence-electron chi connectivity index (χ1n) is 7.34. The van der Waals surface area contributed by atoms with E-state index in [1.165, 1.54) is 35.7 Å². The third-order valence-corrected chi connectivity index (χ3v) is 5.25. The molecule has 0 saturated carbocycles. The van der Waals surface area contributed by atoms with E-state index >= 15 is 0 Å². The van der Waals surface area contributed by atoms with Crippen molar-refractivity contribution in [1.82, 2.24) is 4.98 Å². The van der Waals surface area contributed by atoms with Crippen molar-refractivity contribution in [3.05, 3.63) is 87.0 Å². The summed E-state index contributed by atoms with van der Waals surface area (Å²) in [6.07, 6.45) is 0. The Balaban J connectivity index is 1.86. The molecule has 0 aliphatic heterocycles. The van der Waals surface area contributed by atoms with Gasteiger partial charge in [-0.2, -0.15) is 0 Å². The van der Waals surface area contributed by atoms with Crippen LogP contribution in [-0.2, 0) is 0 Å². The average molecular weight is 385 g/mol. The molecule has 0 bridgehead atoms. The molecule has 130 valence electrons. The summed E-state index contributed by atoms with van der Waals surface area (Å²) >= 11 is 2.36. The predicted molar refractivity (Wildman–Crippen MR) is 98.7 cm³/mol. The number of benzene rings is 2. The summed E-state index contributed by atoms with van der Waals surface area (Å²) in [6, 6.07) is 18.1. The molecular weight excluding hydrogens is 374 g/mol. The molecule has 0 amide bonds. The maximum atomic E-state index is 11.1. The predicted octanol–water partition coefficient (Wildman–Crippen LogP) is 5.20. The molecule has 9 heteroatoms. The summed E-state index contributed by atoms with van der Waals surface area (Å²) in [6.45, 7) is 0. The largest absolute Gasteiger partial charge is 0.283 e. The Morgan fingerprint density at radius 1 is 0.654 bits per heavy atom. The molecule has 7 nitrogen and oxygen atoms in total. The van der Waals surface area contributed by atoms with Crippen LogP contribution >= 0.6 is 23.5 Å². The van der Waals surface area contributed by atoms with Gasteiger partial charge in [0.2, 0.25) is 0 Å². The van der Waals surface area contributed by atoms with Gasteiger partial charge >= 0.3 is 0 Å². The summed E-state index contributed by atoms with van der Waals surface area (Å²) in [5, 5.41) is 23.4. The second-order valence-electron chi connectivity index (χ2n) is 4.97. The molecule has 0 saturated heterocycles. The quantitative estimate of drug-likeness (QED) is 0.425. The molecule has 0 N–H and O–H groups in total. The van der Waals surface area contributed by atoms with E-state index in [9.17, 15) is 20.2 Å². The van der Waals surface area contributed by atoms with E-state index < -0.39 is 9.85 Å². The van der Waals surface area contributed by atoms with Gasteiger partial charge in [0.05, 0.1) is 19.6 Å². The van der Waals surface area contributed by atoms with Crippen LogP contribution in [0.25, 0.3) is 0 Å². The number of pyridine rings is 1. The van der Waals surface area contributed by atoms with Gasteiger partial charge in [-0.3, -0.25) is 20.2 Å². The number of hydrogen-bond acceptors (Lipinski definition) is 7. The molecule has 0 radical (unpaired) electrons. The van der Waals surface area contributed by atoms with Gasteiger partial charge in [0.15, 0.2) is 0 Å². The highest BCUT2D eigenvalue weighted by Gasteiger charge is 2.16. The summed E-state index contributed by atoms with van der Waals surface area (Å²) in [5.74, 6) is 0. The van der Waals surface area contributed by atoms with Crippen molar-refractivity contribution in [3.63, 3.8) is 0 Å². The zero-order valence-electron chi connectivity index (χ0n) is 13.1. The first kappa shape index (κ1) is 17.9. The number of para-hydroxylation sites is 2. The summed E-state index contributed by atoms with van der Waals surface area (Å²) < 4.78 is 0. The Morgan fingerprint density at radius 2 is 1.08 bits per heavy atom. The normalized spacial score (nSPS) is 10.5. The minimum atomic E-state index is -0.436. The zero-order chi connectivity index (χ0) is 18.5. The lowest BCUT2D eigenvalue weighted by atomic mass is 10.3. The van der Waals surface area contributed by atoms with Crippen molar-refractivity contribution in [2.24, 2.45) is 0 Å². The Labute approximate surface area is 156 Å². The van der Waals surface area contributed by atoms with Gasteiger partial charge < -0.3 is 0 Å². The van der Waals surface area contributed by atoms with Crippen LogP contribution in [0.15, 0.2) is 86.6 Å². The van der Waals surface area contributed by atoms with Crippen molar-refractivity contribution < 1.29 is 9.85 Å². The second-order valence-corrected chi connectivity index (χ2v) is 7.09. The highest BCUT2D eigenvalue weighted by atomic mass is 32.2. The van der Waals surface area contributed by atoms with E-state index in [1.807, 2.05) is 0 Å². The third-order valence-electron chi connectivity index (χ3n) is 3.25. The monoisotopic (exact) mass is 385 g/mol. The minimum absolute atomic E-state index is 0.0102. The fourth-order valence-electron chi connectivity index (χ4n) is 2.12. The van der Waals surface area contributed by atoms with E-state index in [-0.39, 0.29) is 11.4 Å². The summed E-state index contributed by atoms with van der Waals surface area (Å²) in [5.41, 5.74) is 0.0205. The molecule has 3 aromatic rings. The summed E-state index contributed by atoms with van der Waals surface area (Å²) in [7, 11) is 0. The maximum Gasteiger partial charge on any atom is 0.283 e. The lowest BCUT2D eigenvalue weighted by Crippen LogP contribution is -1.92. The van der Waals surface area contributed by atoms with Crippen LogP contribution < -0.4 is 0 Å². The number of aromatic nitrogens is 1. The number of nitrogens with zero attached hydrogens (tertiary/aromatic N) is 3. The van der Waals surface area contributed by atoms with Gasteiger partial charge in [-0.1, -0.05) is 53.9 Å². The van der Waals surface area contributed by atoms with Gasteiger partial charge in [-0.05, 0) is 24.3 Å². The molecule has 3 rings (SSSR count). The van der Waals surface area contributed by atoms with E-state index in [0.717, 1.165) is 0 Å². The molecule has 1 heterocycles. The first-order chi connectivity index (χ1) is 12.5. The molecular formula is C17H11N3O4S2. The molecule has 2 aromatic carbocycles. The number of rotatable bonds is 6. The van der Waals surface area contributed by atoms with Crippen molar-refractivity contribution in [3.8, 4) is 0 Å². The highest BCUT2D eigenvalue weighted by Crippen LogP contribution is 2.37. The van der Waals surface area contributed by atoms with Crippen molar-refractivity contribution in [2.75, 3.05) is 0 Å². The molecule has 0 aliphatic carbocycles. The first-order valence-corrected chi connectivity index (χ1v) is 8.97. The molecule has 0 spiro atoms. The van der Waals surface area contributed by atoms with Crippen LogP contribution in [0.3, 0.4) is 0 Å². The smallest absolute Gasteiger partial charge is 0.258 e. The molecule has 26 heavy (non-hydrogen) atoms. The lowest BCUT2D eigenvalue weighted by Gasteiger charge is -2.05. The van der Waals surface area contributed by atoms with Gasteiger partial charge in [-0.25, -0.2) is 4.98 Å². The standard InChI is InChI=1S/C17H11N3O4S2/c21-19(22)12-6-1-3-8-14(12)25-16-10-5-11-17(18-16)26-15-9-4-2-7-13(15)20(23)24/h1-11H. The van der Waals surface area contributed by atoms with E-state index in [0.29, 0.717) is 19.8 Å². The van der Waals surface area contributed by atoms with E-state index in [4.69, 9.17) is 0 Å². The number of hydrogen-bond donors (Lipinski definition) is 0. The topological polar surface area (TPSA) is 99.2 Å². The van der Waals surface area contributed by atoms with E-state index in [1.54, 1.807) is 54.6 Å². The Kier molecular flexibility index (Phi) is 5.49. The van der Waals surface area contributed by atoms with Crippen LogP contribution in [-0.4, -0.2) is 14.8 Å². The Morgan fingerprint density at radius 3 is 1.50 bits per heavy atom. The van der Waals surface area contributed by atoms with Crippen molar-refractivity contribution in [2.45, 2.75) is 19.8 Å². The third kappa shape index (κ3) is 4.19. The highest BCUT2D eigenvalue weighted by molar-refractivity contribution is 8.00. The molecule has 0 unspecified atom stereocenters. The maximum absolute atomic E-state index is 11.1. The average Bonchev–Trinajstić information content (AvgIpc) is 2.62. The molecule has 0 atom stereocenters. The van der Waals surface area contributed by atoms with Gasteiger partial charge in [0.1, 0.15) is 10.1 Å². The minimum Gasteiger partial charge on any atom is -0.258 e. The fourth-order valence-corrected chi connectivity index (χ4v) is 4.00. The van der Waals surface area contributed by atoms with E-state index in [2.05, 4.69) is 4.98 Å². The van der Waals surface area contributed by atoms with Gasteiger partial charge in [0, 0.05) is 12.1 Å². The SMILES string of the molecule is O=[N+]([O-])c1ccccc1Sc1cccc(Sc2ccccc2[N+](=O)[O-])n1. The molecule has 0 aliphatic rings. The van der Waals surface area contributed by atoms with Crippen LogP contribution in [0.1, 0.15) is 0 Å². The zero-order valence-corrected chi connectivity index (χ0v) is 14.8. The van der Waals surface area contributed by atoms with Crippen LogP contribution in [0, 0.1) is 20.2 Å². The Bertz CT molecular complexity index is 907. The second kappa shape index (κ2) is 7.98. The van der Waals surface area contributed by atoms with Crippen LogP contribution in [0.4, 0.5) is 11.4 Å². The van der Waals surface area contributed by atoms with Crippen LogP contribution in [0.2, 0.25) is 0 Å². The number of nitro benzene ring substituents is 2. The summed E-state index contributed by atoms with van der Waals surface area (Å²) in [4.78, 5) is 26.8.